The number of piperidine rings is 1. The molecule has 1 aliphatic heterocycles. The second-order valence-corrected chi connectivity index (χ2v) is 6.78. The van der Waals surface area contributed by atoms with Gasteiger partial charge in [-0.05, 0) is 31.4 Å². The highest BCUT2D eigenvalue weighted by atomic mass is 32.2. The third-order valence-electron chi connectivity index (χ3n) is 3.52. The van der Waals surface area contributed by atoms with Crippen LogP contribution < -0.4 is 4.72 Å². The Morgan fingerprint density at radius 3 is 2.90 bits per heavy atom. The van der Waals surface area contributed by atoms with E-state index in [9.17, 15) is 13.5 Å². The molecular formula is C13H21N3O3S. The Morgan fingerprint density at radius 1 is 1.45 bits per heavy atom. The van der Waals surface area contributed by atoms with Gasteiger partial charge in [-0.15, -0.1) is 0 Å². The predicted octanol–water partition coefficient (Wildman–Crippen LogP) is 0.571. The van der Waals surface area contributed by atoms with Crippen molar-refractivity contribution in [2.75, 3.05) is 13.2 Å². The third-order valence-corrected chi connectivity index (χ3v) is 5.13. The zero-order chi connectivity index (χ0) is 14.6. The summed E-state index contributed by atoms with van der Waals surface area (Å²) in [4.78, 5) is 4.14. The molecule has 0 spiro atoms. The van der Waals surface area contributed by atoms with Crippen LogP contribution in [0.15, 0.2) is 18.3 Å². The quantitative estimate of drug-likeness (QED) is 0.833. The molecule has 1 unspecified atom stereocenters. The van der Waals surface area contributed by atoms with Gasteiger partial charge >= 0.3 is 0 Å². The van der Waals surface area contributed by atoms with Gasteiger partial charge in [0.15, 0.2) is 0 Å². The second kappa shape index (κ2) is 6.62. The standard InChI is InChI=1S/C13H21N3O3S/c1-11-5-6-12(8-14-11)9-15-20(18,19)16-7-3-2-4-13(16)10-17/h5-6,8,13,15,17H,2-4,7,9-10H2,1H3. The number of aliphatic hydroxyl groups is 1. The van der Waals surface area contributed by atoms with E-state index in [2.05, 4.69) is 9.71 Å². The Hall–Kier alpha value is -1.02. The molecule has 2 rings (SSSR count). The zero-order valence-electron chi connectivity index (χ0n) is 11.6. The van der Waals surface area contributed by atoms with Crippen LogP contribution in [0.4, 0.5) is 0 Å². The third kappa shape index (κ3) is 3.76. The lowest BCUT2D eigenvalue weighted by atomic mass is 10.1. The molecule has 1 aromatic heterocycles. The molecule has 7 heteroatoms. The molecule has 1 aliphatic rings. The van der Waals surface area contributed by atoms with Crippen molar-refractivity contribution in [2.24, 2.45) is 0 Å². The Kier molecular flexibility index (Phi) is 5.09. The number of hydrogen-bond donors (Lipinski definition) is 2. The molecule has 0 saturated carbocycles. The first kappa shape index (κ1) is 15.4. The topological polar surface area (TPSA) is 82.5 Å². The summed E-state index contributed by atoms with van der Waals surface area (Å²) >= 11 is 0. The number of pyridine rings is 1. The first-order valence-corrected chi connectivity index (χ1v) is 8.26. The number of aryl methyl sites for hydroxylation is 1. The molecule has 1 aromatic rings. The van der Waals surface area contributed by atoms with Gasteiger partial charge in [0.1, 0.15) is 0 Å². The number of hydrogen-bond acceptors (Lipinski definition) is 4. The molecule has 20 heavy (non-hydrogen) atoms. The van der Waals surface area contributed by atoms with Crippen molar-refractivity contribution in [3.8, 4) is 0 Å². The van der Waals surface area contributed by atoms with Crippen molar-refractivity contribution in [3.05, 3.63) is 29.6 Å². The molecule has 0 aromatic carbocycles. The summed E-state index contributed by atoms with van der Waals surface area (Å²) in [6.45, 7) is 2.43. The van der Waals surface area contributed by atoms with Crippen molar-refractivity contribution in [1.82, 2.24) is 14.0 Å². The van der Waals surface area contributed by atoms with Gasteiger partial charge in [-0.1, -0.05) is 12.5 Å². The maximum Gasteiger partial charge on any atom is 0.280 e. The maximum atomic E-state index is 12.3. The summed E-state index contributed by atoms with van der Waals surface area (Å²) in [5, 5.41) is 9.30. The summed E-state index contributed by atoms with van der Waals surface area (Å²) in [6.07, 6.45) is 4.17. The number of nitrogens with one attached hydrogen (secondary N) is 1. The minimum absolute atomic E-state index is 0.132. The number of aliphatic hydroxyl groups excluding tert-OH is 1. The maximum absolute atomic E-state index is 12.3. The molecule has 0 radical (unpaired) electrons. The van der Waals surface area contributed by atoms with E-state index in [1.54, 1.807) is 6.20 Å². The lowest BCUT2D eigenvalue weighted by Crippen LogP contribution is -2.50. The van der Waals surface area contributed by atoms with Crippen molar-refractivity contribution < 1.29 is 13.5 Å². The van der Waals surface area contributed by atoms with Crippen LogP contribution in [0.2, 0.25) is 0 Å². The van der Waals surface area contributed by atoms with Crippen LogP contribution in [-0.2, 0) is 16.8 Å². The second-order valence-electron chi connectivity index (χ2n) is 5.08. The van der Waals surface area contributed by atoms with Gasteiger partial charge < -0.3 is 5.11 Å². The van der Waals surface area contributed by atoms with Gasteiger partial charge in [-0.3, -0.25) is 4.98 Å². The van der Waals surface area contributed by atoms with Gasteiger partial charge in [0.25, 0.3) is 10.2 Å². The van der Waals surface area contributed by atoms with Crippen LogP contribution in [0.5, 0.6) is 0 Å². The number of aromatic nitrogens is 1. The van der Waals surface area contributed by atoms with E-state index < -0.39 is 10.2 Å². The molecule has 0 bridgehead atoms. The number of nitrogens with zero attached hydrogens (tertiary/aromatic N) is 2. The number of rotatable bonds is 5. The first-order chi connectivity index (χ1) is 9.53. The lowest BCUT2D eigenvalue weighted by molar-refractivity contribution is 0.154. The Labute approximate surface area is 120 Å². The molecule has 1 atom stereocenters. The molecule has 0 amide bonds. The van der Waals surface area contributed by atoms with Crippen LogP contribution in [-0.4, -0.2) is 42.0 Å². The summed E-state index contributed by atoms with van der Waals surface area (Å²) in [7, 11) is -3.56. The molecule has 6 nitrogen and oxygen atoms in total. The van der Waals surface area contributed by atoms with E-state index in [1.165, 1.54) is 4.31 Å². The summed E-state index contributed by atoms with van der Waals surface area (Å²) in [5.41, 5.74) is 1.71. The average molecular weight is 299 g/mol. The van der Waals surface area contributed by atoms with E-state index in [-0.39, 0.29) is 19.2 Å². The summed E-state index contributed by atoms with van der Waals surface area (Å²) in [6, 6.07) is 3.39. The van der Waals surface area contributed by atoms with Crippen molar-refractivity contribution >= 4 is 10.2 Å². The molecule has 0 aliphatic carbocycles. The van der Waals surface area contributed by atoms with Crippen LogP contribution in [0, 0.1) is 6.92 Å². The molecule has 2 N–H and O–H groups in total. The van der Waals surface area contributed by atoms with Crippen molar-refractivity contribution in [3.63, 3.8) is 0 Å². The van der Waals surface area contributed by atoms with Crippen LogP contribution in [0.1, 0.15) is 30.5 Å². The fraction of sp³-hybridized carbons (Fsp3) is 0.615. The van der Waals surface area contributed by atoms with Crippen LogP contribution in [0.3, 0.4) is 0 Å². The van der Waals surface area contributed by atoms with Gasteiger partial charge in [-0.25, -0.2) is 0 Å². The van der Waals surface area contributed by atoms with E-state index in [0.717, 1.165) is 24.1 Å². The fourth-order valence-corrected chi connectivity index (χ4v) is 3.78. The van der Waals surface area contributed by atoms with Crippen LogP contribution >= 0.6 is 0 Å². The normalized spacial score (nSPS) is 21.0. The minimum Gasteiger partial charge on any atom is -0.395 e. The lowest BCUT2D eigenvalue weighted by Gasteiger charge is -2.33. The Morgan fingerprint density at radius 2 is 2.25 bits per heavy atom. The molecule has 2 heterocycles. The summed E-state index contributed by atoms with van der Waals surface area (Å²) < 4.78 is 28.5. The largest absolute Gasteiger partial charge is 0.395 e. The van der Waals surface area contributed by atoms with E-state index >= 15 is 0 Å². The van der Waals surface area contributed by atoms with Gasteiger partial charge in [0.05, 0.1) is 6.61 Å². The van der Waals surface area contributed by atoms with E-state index in [0.29, 0.717) is 13.0 Å². The first-order valence-electron chi connectivity index (χ1n) is 6.82. The molecule has 1 fully saturated rings. The molecule has 1 saturated heterocycles. The molecular weight excluding hydrogens is 278 g/mol. The smallest absolute Gasteiger partial charge is 0.280 e. The Balaban J connectivity index is 2.01. The van der Waals surface area contributed by atoms with Crippen molar-refractivity contribution in [1.29, 1.82) is 0 Å². The van der Waals surface area contributed by atoms with Gasteiger partial charge in [-0.2, -0.15) is 17.4 Å². The summed E-state index contributed by atoms with van der Waals surface area (Å²) in [5.74, 6) is 0. The SMILES string of the molecule is Cc1ccc(CNS(=O)(=O)N2CCCCC2CO)cn1. The zero-order valence-corrected chi connectivity index (χ0v) is 12.4. The van der Waals surface area contributed by atoms with Crippen molar-refractivity contribution in [2.45, 2.75) is 38.8 Å². The highest BCUT2D eigenvalue weighted by Crippen LogP contribution is 2.19. The fourth-order valence-electron chi connectivity index (χ4n) is 2.33. The minimum atomic E-state index is -3.56. The highest BCUT2D eigenvalue weighted by Gasteiger charge is 2.31. The highest BCUT2D eigenvalue weighted by molar-refractivity contribution is 7.87. The monoisotopic (exact) mass is 299 g/mol. The van der Waals surface area contributed by atoms with E-state index in [4.69, 9.17) is 0 Å². The van der Waals surface area contributed by atoms with E-state index in [1.807, 2.05) is 19.1 Å². The van der Waals surface area contributed by atoms with Crippen LogP contribution in [0.25, 0.3) is 0 Å². The van der Waals surface area contributed by atoms with Gasteiger partial charge in [0.2, 0.25) is 0 Å². The molecule has 112 valence electrons. The van der Waals surface area contributed by atoms with Gasteiger partial charge in [0, 0.05) is 31.0 Å². The predicted molar refractivity (Wildman–Crippen MR) is 76.2 cm³/mol. The average Bonchev–Trinajstić information content (AvgIpc) is 2.46. The Bertz CT molecular complexity index is 530.